The van der Waals surface area contributed by atoms with E-state index in [4.69, 9.17) is 0 Å². The highest BCUT2D eigenvalue weighted by molar-refractivity contribution is 7.99. The molecule has 15 heavy (non-hydrogen) atoms. The van der Waals surface area contributed by atoms with E-state index in [9.17, 15) is 4.79 Å². The number of rotatable bonds is 5. The van der Waals surface area contributed by atoms with Crippen LogP contribution in [-0.4, -0.2) is 24.0 Å². The quantitative estimate of drug-likeness (QED) is 0.828. The molecule has 1 rings (SSSR count). The van der Waals surface area contributed by atoms with Gasteiger partial charge in [0, 0.05) is 6.54 Å². The SMILES string of the molecule is CSC(C)C(=O)NCCc1ccccc1. The van der Waals surface area contributed by atoms with E-state index >= 15 is 0 Å². The zero-order valence-electron chi connectivity index (χ0n) is 9.19. The Hall–Kier alpha value is -0.960. The lowest BCUT2D eigenvalue weighted by molar-refractivity contribution is -0.120. The van der Waals surface area contributed by atoms with Crippen molar-refractivity contribution in [3.63, 3.8) is 0 Å². The van der Waals surface area contributed by atoms with Gasteiger partial charge in [0.25, 0.3) is 0 Å². The lowest BCUT2D eigenvalue weighted by Gasteiger charge is -2.09. The van der Waals surface area contributed by atoms with Crippen LogP contribution in [0.2, 0.25) is 0 Å². The van der Waals surface area contributed by atoms with Crippen molar-refractivity contribution in [1.82, 2.24) is 5.32 Å². The van der Waals surface area contributed by atoms with E-state index in [0.717, 1.165) is 6.42 Å². The fourth-order valence-corrected chi connectivity index (χ4v) is 1.52. The Balaban J connectivity index is 2.25. The molecule has 3 heteroatoms. The second kappa shape index (κ2) is 6.51. The molecular formula is C12H17NOS. The van der Waals surface area contributed by atoms with E-state index in [-0.39, 0.29) is 11.2 Å². The van der Waals surface area contributed by atoms with Gasteiger partial charge in [0.15, 0.2) is 0 Å². The molecule has 1 atom stereocenters. The molecule has 0 heterocycles. The van der Waals surface area contributed by atoms with Crippen LogP contribution in [-0.2, 0) is 11.2 Å². The van der Waals surface area contributed by atoms with Gasteiger partial charge in [-0.2, -0.15) is 11.8 Å². The van der Waals surface area contributed by atoms with E-state index < -0.39 is 0 Å². The van der Waals surface area contributed by atoms with E-state index in [1.165, 1.54) is 5.56 Å². The van der Waals surface area contributed by atoms with Crippen LogP contribution in [0, 0.1) is 0 Å². The Morgan fingerprint density at radius 2 is 2.07 bits per heavy atom. The zero-order chi connectivity index (χ0) is 11.1. The summed E-state index contributed by atoms with van der Waals surface area (Å²) in [5.74, 6) is 0.124. The fraction of sp³-hybridized carbons (Fsp3) is 0.417. The lowest BCUT2D eigenvalue weighted by Crippen LogP contribution is -2.32. The summed E-state index contributed by atoms with van der Waals surface area (Å²) in [5, 5.41) is 2.96. The average Bonchev–Trinajstić information content (AvgIpc) is 2.29. The number of carbonyl (C=O) groups is 1. The first-order chi connectivity index (χ1) is 7.24. The van der Waals surface area contributed by atoms with Gasteiger partial charge in [0.1, 0.15) is 0 Å². The first-order valence-corrected chi connectivity index (χ1v) is 6.37. The Kier molecular flexibility index (Phi) is 5.26. The summed E-state index contributed by atoms with van der Waals surface area (Å²) in [5.41, 5.74) is 1.26. The van der Waals surface area contributed by atoms with Gasteiger partial charge in [-0.25, -0.2) is 0 Å². The molecule has 0 bridgehead atoms. The first-order valence-electron chi connectivity index (χ1n) is 5.08. The molecule has 0 fully saturated rings. The molecule has 2 nitrogen and oxygen atoms in total. The normalized spacial score (nSPS) is 12.1. The van der Waals surface area contributed by atoms with E-state index in [1.807, 2.05) is 31.4 Å². The van der Waals surface area contributed by atoms with Crippen LogP contribution in [0.25, 0.3) is 0 Å². The molecule has 0 saturated heterocycles. The van der Waals surface area contributed by atoms with Gasteiger partial charge in [-0.15, -0.1) is 0 Å². The molecular weight excluding hydrogens is 206 g/mol. The van der Waals surface area contributed by atoms with Gasteiger partial charge >= 0.3 is 0 Å². The maximum absolute atomic E-state index is 11.4. The number of hydrogen-bond acceptors (Lipinski definition) is 2. The standard InChI is InChI=1S/C12H17NOS/c1-10(15-2)12(14)13-9-8-11-6-4-3-5-7-11/h3-7,10H,8-9H2,1-2H3,(H,13,14). The zero-order valence-corrected chi connectivity index (χ0v) is 10.0. The van der Waals surface area contributed by atoms with E-state index in [0.29, 0.717) is 6.54 Å². The van der Waals surface area contributed by atoms with Crippen molar-refractivity contribution in [3.8, 4) is 0 Å². The Morgan fingerprint density at radius 3 is 2.67 bits per heavy atom. The lowest BCUT2D eigenvalue weighted by atomic mass is 10.1. The molecule has 0 aromatic heterocycles. The van der Waals surface area contributed by atoms with Gasteiger partial charge in [-0.05, 0) is 25.2 Å². The van der Waals surface area contributed by atoms with Gasteiger partial charge in [0.2, 0.25) is 5.91 Å². The van der Waals surface area contributed by atoms with Gasteiger partial charge < -0.3 is 5.32 Å². The molecule has 1 aromatic rings. The van der Waals surface area contributed by atoms with E-state index in [1.54, 1.807) is 11.8 Å². The second-order valence-corrected chi connectivity index (χ2v) is 4.58. The summed E-state index contributed by atoms with van der Waals surface area (Å²) in [6.07, 6.45) is 2.84. The van der Waals surface area contributed by atoms with Crippen LogP contribution in [0.3, 0.4) is 0 Å². The highest BCUT2D eigenvalue weighted by Gasteiger charge is 2.09. The molecule has 82 valence electrons. The van der Waals surface area contributed by atoms with Crippen molar-refractivity contribution in [3.05, 3.63) is 35.9 Å². The second-order valence-electron chi connectivity index (χ2n) is 3.40. The minimum Gasteiger partial charge on any atom is -0.355 e. The van der Waals surface area contributed by atoms with Crippen LogP contribution in [0.1, 0.15) is 12.5 Å². The first kappa shape index (κ1) is 12.1. The highest BCUT2D eigenvalue weighted by atomic mass is 32.2. The van der Waals surface area contributed by atoms with Crippen molar-refractivity contribution >= 4 is 17.7 Å². The minimum absolute atomic E-state index is 0.0424. The summed E-state index contributed by atoms with van der Waals surface area (Å²) in [6.45, 7) is 2.64. The fourth-order valence-electron chi connectivity index (χ4n) is 1.23. The summed E-state index contributed by atoms with van der Waals surface area (Å²) in [4.78, 5) is 11.4. The average molecular weight is 223 g/mol. The third-order valence-corrected chi connectivity index (χ3v) is 3.20. The molecule has 1 N–H and O–H groups in total. The molecule has 0 saturated carbocycles. The molecule has 0 aliphatic carbocycles. The number of benzene rings is 1. The summed E-state index contributed by atoms with van der Waals surface area (Å²) in [6, 6.07) is 10.2. The summed E-state index contributed by atoms with van der Waals surface area (Å²) in [7, 11) is 0. The third kappa shape index (κ3) is 4.38. The Bertz CT molecular complexity index is 300. The Labute approximate surface area is 95.5 Å². The van der Waals surface area contributed by atoms with Gasteiger partial charge in [-0.1, -0.05) is 30.3 Å². The minimum atomic E-state index is 0.0424. The van der Waals surface area contributed by atoms with Crippen molar-refractivity contribution < 1.29 is 4.79 Å². The van der Waals surface area contributed by atoms with Crippen molar-refractivity contribution in [2.75, 3.05) is 12.8 Å². The molecule has 0 spiro atoms. The number of nitrogens with one attached hydrogen (secondary N) is 1. The topological polar surface area (TPSA) is 29.1 Å². The van der Waals surface area contributed by atoms with Crippen LogP contribution in [0.15, 0.2) is 30.3 Å². The molecule has 0 aliphatic rings. The van der Waals surface area contributed by atoms with Gasteiger partial charge in [-0.3, -0.25) is 4.79 Å². The monoisotopic (exact) mass is 223 g/mol. The van der Waals surface area contributed by atoms with Crippen LogP contribution in [0.4, 0.5) is 0 Å². The van der Waals surface area contributed by atoms with Crippen molar-refractivity contribution in [2.45, 2.75) is 18.6 Å². The molecule has 1 aromatic carbocycles. The van der Waals surface area contributed by atoms with Crippen LogP contribution >= 0.6 is 11.8 Å². The summed E-state index contributed by atoms with van der Waals surface area (Å²) >= 11 is 1.57. The van der Waals surface area contributed by atoms with Crippen molar-refractivity contribution in [1.29, 1.82) is 0 Å². The number of carbonyl (C=O) groups excluding carboxylic acids is 1. The number of amides is 1. The predicted octanol–water partition coefficient (Wildman–Crippen LogP) is 2.10. The molecule has 1 unspecified atom stereocenters. The third-order valence-electron chi connectivity index (χ3n) is 2.28. The molecule has 1 amide bonds. The highest BCUT2D eigenvalue weighted by Crippen LogP contribution is 2.04. The maximum atomic E-state index is 11.4. The molecule has 0 aliphatic heterocycles. The smallest absolute Gasteiger partial charge is 0.232 e. The summed E-state index contributed by atoms with van der Waals surface area (Å²) < 4.78 is 0. The number of hydrogen-bond donors (Lipinski definition) is 1. The number of thioether (sulfide) groups is 1. The predicted molar refractivity (Wildman–Crippen MR) is 66.1 cm³/mol. The van der Waals surface area contributed by atoms with Crippen LogP contribution < -0.4 is 5.32 Å². The Morgan fingerprint density at radius 1 is 1.40 bits per heavy atom. The van der Waals surface area contributed by atoms with Crippen molar-refractivity contribution in [2.24, 2.45) is 0 Å². The van der Waals surface area contributed by atoms with Crippen LogP contribution in [0.5, 0.6) is 0 Å². The van der Waals surface area contributed by atoms with E-state index in [2.05, 4.69) is 17.4 Å². The molecule has 0 radical (unpaired) electrons. The maximum Gasteiger partial charge on any atom is 0.232 e. The van der Waals surface area contributed by atoms with Gasteiger partial charge in [0.05, 0.1) is 5.25 Å². The largest absolute Gasteiger partial charge is 0.355 e.